The summed E-state index contributed by atoms with van der Waals surface area (Å²) >= 11 is 0. The lowest BCUT2D eigenvalue weighted by atomic mass is 9.89. The van der Waals surface area contributed by atoms with E-state index in [1.807, 2.05) is 60.7 Å². The molecule has 46 heavy (non-hydrogen) atoms. The number of nitrogens with zero attached hydrogens (tertiary/aromatic N) is 4. The molecule has 0 atom stereocenters. The number of hydrogen-bond donors (Lipinski definition) is 0. The SMILES string of the molecule is N#Cc1ccc(-c2cc3ccccc3cc2-c2ccc3cccc(-c4cc(-c5ccccn5)nc(-c5ccccn5)c4)c3c2)cc1. The van der Waals surface area contributed by atoms with E-state index < -0.39 is 0 Å². The average Bonchev–Trinajstić information content (AvgIpc) is 3.14. The maximum atomic E-state index is 9.40. The van der Waals surface area contributed by atoms with E-state index in [-0.39, 0.29) is 0 Å². The lowest BCUT2D eigenvalue weighted by molar-refractivity contribution is 1.22. The quantitative estimate of drug-likeness (QED) is 0.201. The van der Waals surface area contributed by atoms with Gasteiger partial charge in [0.1, 0.15) is 0 Å². The first-order valence-electron chi connectivity index (χ1n) is 15.2. The molecule has 214 valence electrons. The molecule has 0 aliphatic rings. The van der Waals surface area contributed by atoms with Crippen molar-refractivity contribution in [3.63, 3.8) is 0 Å². The fraction of sp³-hybridized carbons (Fsp3) is 0. The van der Waals surface area contributed by atoms with Crippen LogP contribution in [0.2, 0.25) is 0 Å². The molecule has 5 aromatic carbocycles. The fourth-order valence-corrected chi connectivity index (χ4v) is 6.11. The van der Waals surface area contributed by atoms with Gasteiger partial charge in [0.15, 0.2) is 0 Å². The van der Waals surface area contributed by atoms with Crippen LogP contribution >= 0.6 is 0 Å². The second-order valence-electron chi connectivity index (χ2n) is 11.2. The monoisotopic (exact) mass is 586 g/mol. The van der Waals surface area contributed by atoms with E-state index in [1.165, 1.54) is 10.8 Å². The molecule has 4 heteroatoms. The molecular formula is C42H26N4. The smallest absolute Gasteiger partial charge is 0.0991 e. The van der Waals surface area contributed by atoms with E-state index in [0.29, 0.717) is 5.56 Å². The third-order valence-corrected chi connectivity index (χ3v) is 8.40. The van der Waals surface area contributed by atoms with Crippen LogP contribution < -0.4 is 0 Å². The molecule has 8 aromatic rings. The summed E-state index contributed by atoms with van der Waals surface area (Å²) in [6.07, 6.45) is 3.59. The van der Waals surface area contributed by atoms with Gasteiger partial charge in [-0.2, -0.15) is 5.26 Å². The molecule has 0 saturated carbocycles. The highest BCUT2D eigenvalue weighted by atomic mass is 14.8. The second kappa shape index (κ2) is 11.6. The Hall–Kier alpha value is -6.44. The van der Waals surface area contributed by atoms with Gasteiger partial charge >= 0.3 is 0 Å². The molecule has 0 saturated heterocycles. The van der Waals surface area contributed by atoms with Crippen molar-refractivity contribution in [1.82, 2.24) is 15.0 Å². The van der Waals surface area contributed by atoms with E-state index in [4.69, 9.17) is 4.98 Å². The molecule has 0 unspecified atom stereocenters. The molecule has 0 amide bonds. The summed E-state index contributed by atoms with van der Waals surface area (Å²) < 4.78 is 0. The van der Waals surface area contributed by atoms with Gasteiger partial charge in [0.25, 0.3) is 0 Å². The summed E-state index contributed by atoms with van der Waals surface area (Å²) in [7, 11) is 0. The average molecular weight is 587 g/mol. The van der Waals surface area contributed by atoms with E-state index in [2.05, 4.69) is 101 Å². The number of aromatic nitrogens is 3. The van der Waals surface area contributed by atoms with Crippen LogP contribution in [-0.2, 0) is 0 Å². The Morgan fingerprint density at radius 1 is 0.413 bits per heavy atom. The molecular weight excluding hydrogens is 560 g/mol. The standard InChI is InChI=1S/C42H26N4/c43-27-28-14-16-30(17-15-28)37-22-31-8-1-2-9-32(31)23-38(37)33-19-18-29-10-7-11-35(36(29)24-33)34-25-41(39-12-3-5-20-44-39)46-42(26-34)40-13-4-6-21-45-40/h1-26H. The van der Waals surface area contributed by atoms with Crippen molar-refractivity contribution in [3.05, 3.63) is 164 Å². The van der Waals surface area contributed by atoms with Gasteiger partial charge < -0.3 is 0 Å². The molecule has 0 aliphatic carbocycles. The number of nitriles is 1. The normalized spacial score (nSPS) is 11.0. The number of pyridine rings is 3. The Morgan fingerprint density at radius 2 is 1.00 bits per heavy atom. The van der Waals surface area contributed by atoms with Crippen LogP contribution in [0.5, 0.6) is 0 Å². The van der Waals surface area contributed by atoms with Crippen molar-refractivity contribution in [3.8, 4) is 62.2 Å². The molecule has 8 rings (SSSR count). The fourth-order valence-electron chi connectivity index (χ4n) is 6.11. The summed E-state index contributed by atoms with van der Waals surface area (Å²) in [4.78, 5) is 14.2. The molecule has 0 radical (unpaired) electrons. The topological polar surface area (TPSA) is 62.5 Å². The molecule has 0 N–H and O–H groups in total. The first-order chi connectivity index (χ1) is 22.7. The van der Waals surface area contributed by atoms with Crippen molar-refractivity contribution >= 4 is 21.5 Å². The Morgan fingerprint density at radius 3 is 1.61 bits per heavy atom. The van der Waals surface area contributed by atoms with Crippen molar-refractivity contribution in [2.45, 2.75) is 0 Å². The van der Waals surface area contributed by atoms with Gasteiger partial charge in [-0.25, -0.2) is 4.98 Å². The molecule has 4 nitrogen and oxygen atoms in total. The molecule has 0 bridgehead atoms. The minimum Gasteiger partial charge on any atom is -0.255 e. The molecule has 0 aliphatic heterocycles. The summed E-state index contributed by atoms with van der Waals surface area (Å²) in [5, 5.41) is 14.0. The Bertz CT molecular complexity index is 2350. The van der Waals surface area contributed by atoms with Gasteiger partial charge in [-0.3, -0.25) is 9.97 Å². The highest BCUT2D eigenvalue weighted by molar-refractivity contribution is 6.03. The van der Waals surface area contributed by atoms with Crippen molar-refractivity contribution in [2.24, 2.45) is 0 Å². The zero-order valence-corrected chi connectivity index (χ0v) is 24.8. The first-order valence-corrected chi connectivity index (χ1v) is 15.2. The predicted molar refractivity (Wildman–Crippen MR) is 187 cm³/mol. The van der Waals surface area contributed by atoms with Crippen LogP contribution in [0, 0.1) is 11.3 Å². The van der Waals surface area contributed by atoms with Crippen LogP contribution in [-0.4, -0.2) is 15.0 Å². The highest BCUT2D eigenvalue weighted by Gasteiger charge is 2.15. The van der Waals surface area contributed by atoms with Gasteiger partial charge in [0, 0.05) is 12.4 Å². The first kappa shape index (κ1) is 27.1. The van der Waals surface area contributed by atoms with Gasteiger partial charge in [0.2, 0.25) is 0 Å². The van der Waals surface area contributed by atoms with Crippen LogP contribution in [0.1, 0.15) is 5.56 Å². The Kier molecular flexibility index (Phi) is 6.83. The minimum absolute atomic E-state index is 0.647. The number of fused-ring (bicyclic) bond motifs is 2. The lowest BCUT2D eigenvalue weighted by Gasteiger charge is -2.15. The Labute approximate surface area is 266 Å². The predicted octanol–water partition coefficient (Wildman–Crippen LogP) is 10.4. The third-order valence-electron chi connectivity index (χ3n) is 8.40. The zero-order valence-electron chi connectivity index (χ0n) is 24.8. The van der Waals surface area contributed by atoms with Crippen molar-refractivity contribution < 1.29 is 0 Å². The molecule has 3 aromatic heterocycles. The van der Waals surface area contributed by atoms with Gasteiger partial charge in [-0.15, -0.1) is 0 Å². The van der Waals surface area contributed by atoms with E-state index >= 15 is 0 Å². The summed E-state index contributed by atoms with van der Waals surface area (Å²) in [6, 6.07) is 52.2. The maximum Gasteiger partial charge on any atom is 0.0991 e. The van der Waals surface area contributed by atoms with E-state index in [0.717, 1.165) is 66.9 Å². The molecule has 0 fully saturated rings. The van der Waals surface area contributed by atoms with Crippen molar-refractivity contribution in [1.29, 1.82) is 5.26 Å². The van der Waals surface area contributed by atoms with Crippen LogP contribution in [0.25, 0.3) is 77.7 Å². The van der Waals surface area contributed by atoms with Crippen LogP contribution in [0.15, 0.2) is 158 Å². The summed E-state index contributed by atoms with van der Waals surface area (Å²) in [5.41, 5.74) is 10.5. The summed E-state index contributed by atoms with van der Waals surface area (Å²) in [6.45, 7) is 0. The van der Waals surface area contributed by atoms with Gasteiger partial charge in [-0.05, 0) is 122 Å². The zero-order chi connectivity index (χ0) is 30.9. The Balaban J connectivity index is 1.34. The minimum atomic E-state index is 0.647. The molecule has 3 heterocycles. The number of benzene rings is 5. The second-order valence-corrected chi connectivity index (χ2v) is 11.2. The summed E-state index contributed by atoms with van der Waals surface area (Å²) in [5.74, 6) is 0. The van der Waals surface area contributed by atoms with E-state index in [9.17, 15) is 5.26 Å². The third kappa shape index (κ3) is 5.06. The van der Waals surface area contributed by atoms with E-state index in [1.54, 1.807) is 12.4 Å². The van der Waals surface area contributed by atoms with Crippen LogP contribution in [0.4, 0.5) is 0 Å². The largest absolute Gasteiger partial charge is 0.255 e. The number of rotatable bonds is 5. The number of hydrogen-bond acceptors (Lipinski definition) is 4. The van der Waals surface area contributed by atoms with Crippen LogP contribution in [0.3, 0.4) is 0 Å². The highest BCUT2D eigenvalue weighted by Crippen LogP contribution is 2.39. The maximum absolute atomic E-state index is 9.40. The lowest BCUT2D eigenvalue weighted by Crippen LogP contribution is -1.94. The van der Waals surface area contributed by atoms with Crippen molar-refractivity contribution in [2.75, 3.05) is 0 Å². The van der Waals surface area contributed by atoms with Gasteiger partial charge in [0.05, 0.1) is 34.4 Å². The van der Waals surface area contributed by atoms with Gasteiger partial charge in [-0.1, -0.05) is 78.9 Å². The molecule has 0 spiro atoms.